The molecule has 26 heavy (non-hydrogen) atoms. The Labute approximate surface area is 156 Å². The maximum absolute atomic E-state index is 12.7. The third kappa shape index (κ3) is 5.52. The van der Waals surface area contributed by atoms with Gasteiger partial charge in [0.05, 0.1) is 0 Å². The Hall–Kier alpha value is -2.47. The van der Waals surface area contributed by atoms with Crippen molar-refractivity contribution in [3.05, 3.63) is 47.4 Å². The Kier molecular flexibility index (Phi) is 6.32. The molecule has 6 nitrogen and oxygen atoms in total. The molecule has 0 aliphatic heterocycles. The number of aromatic nitrogens is 2. The highest BCUT2D eigenvalue weighted by molar-refractivity contribution is 6.03. The van der Waals surface area contributed by atoms with Crippen molar-refractivity contribution in [1.29, 1.82) is 0 Å². The first-order valence-corrected chi connectivity index (χ1v) is 8.82. The Bertz CT molecular complexity index is 765. The average molecular weight is 355 g/mol. The Morgan fingerprint density at radius 1 is 1.15 bits per heavy atom. The molecule has 0 unspecified atom stereocenters. The SMILES string of the molecule is Cc1nc(NCCN(C)C)cc(C(=O)Nc2ccccc2C(C)(C)C)n1. The van der Waals surface area contributed by atoms with E-state index in [1.807, 2.05) is 38.4 Å². The van der Waals surface area contributed by atoms with Gasteiger partial charge in [0.2, 0.25) is 0 Å². The third-order valence-electron chi connectivity index (χ3n) is 3.92. The van der Waals surface area contributed by atoms with Crippen molar-refractivity contribution >= 4 is 17.4 Å². The molecule has 1 aromatic heterocycles. The summed E-state index contributed by atoms with van der Waals surface area (Å²) in [6, 6.07) is 9.55. The highest BCUT2D eigenvalue weighted by Crippen LogP contribution is 2.29. The molecule has 0 atom stereocenters. The minimum atomic E-state index is -0.233. The highest BCUT2D eigenvalue weighted by Gasteiger charge is 2.19. The topological polar surface area (TPSA) is 70.2 Å². The molecule has 0 saturated heterocycles. The number of amides is 1. The lowest BCUT2D eigenvalue weighted by atomic mass is 9.86. The van der Waals surface area contributed by atoms with Crippen LogP contribution in [0.4, 0.5) is 11.5 Å². The maximum Gasteiger partial charge on any atom is 0.274 e. The molecule has 1 aromatic carbocycles. The molecule has 2 aromatic rings. The molecule has 2 N–H and O–H groups in total. The predicted octanol–water partition coefficient (Wildman–Crippen LogP) is 3.31. The Morgan fingerprint density at radius 2 is 1.85 bits per heavy atom. The van der Waals surface area contributed by atoms with Crippen LogP contribution in [0.5, 0.6) is 0 Å². The van der Waals surface area contributed by atoms with Gasteiger partial charge in [-0.1, -0.05) is 39.0 Å². The van der Waals surface area contributed by atoms with Gasteiger partial charge in [-0.25, -0.2) is 9.97 Å². The number of aryl methyl sites for hydroxylation is 1. The first-order valence-electron chi connectivity index (χ1n) is 8.82. The first kappa shape index (κ1) is 19.8. The largest absolute Gasteiger partial charge is 0.369 e. The molecule has 0 spiro atoms. The number of anilines is 2. The van der Waals surface area contributed by atoms with Gasteiger partial charge in [-0.15, -0.1) is 0 Å². The monoisotopic (exact) mass is 355 g/mol. The number of nitrogens with one attached hydrogen (secondary N) is 2. The fourth-order valence-electron chi connectivity index (χ4n) is 2.61. The summed E-state index contributed by atoms with van der Waals surface area (Å²) < 4.78 is 0. The standard InChI is InChI=1S/C20H29N5O/c1-14-22-17(13-18(23-14)21-11-12-25(5)6)19(26)24-16-10-8-7-9-15(16)20(2,3)4/h7-10,13H,11-12H2,1-6H3,(H,24,26)(H,21,22,23). The van der Waals surface area contributed by atoms with Crippen LogP contribution in [-0.4, -0.2) is 48.0 Å². The van der Waals surface area contributed by atoms with E-state index < -0.39 is 0 Å². The quantitative estimate of drug-likeness (QED) is 0.832. The van der Waals surface area contributed by atoms with Crippen molar-refractivity contribution in [1.82, 2.24) is 14.9 Å². The smallest absolute Gasteiger partial charge is 0.274 e. The number of likely N-dealkylation sites (N-methyl/N-ethyl adjacent to an activating group) is 1. The second-order valence-corrected chi connectivity index (χ2v) is 7.67. The maximum atomic E-state index is 12.7. The van der Waals surface area contributed by atoms with Gasteiger partial charge < -0.3 is 15.5 Å². The molecule has 0 saturated carbocycles. The lowest BCUT2D eigenvalue weighted by Crippen LogP contribution is -2.22. The van der Waals surface area contributed by atoms with Crippen molar-refractivity contribution in [3.63, 3.8) is 0 Å². The van der Waals surface area contributed by atoms with Gasteiger partial charge >= 0.3 is 0 Å². The van der Waals surface area contributed by atoms with Gasteiger partial charge in [0.15, 0.2) is 0 Å². The summed E-state index contributed by atoms with van der Waals surface area (Å²) in [6.45, 7) is 9.79. The lowest BCUT2D eigenvalue weighted by molar-refractivity contribution is 0.102. The number of carbonyl (C=O) groups is 1. The number of benzene rings is 1. The van der Waals surface area contributed by atoms with E-state index in [-0.39, 0.29) is 11.3 Å². The van der Waals surface area contributed by atoms with Crippen LogP contribution in [0, 0.1) is 6.92 Å². The van der Waals surface area contributed by atoms with E-state index in [1.165, 1.54) is 0 Å². The summed E-state index contributed by atoms with van der Waals surface area (Å²) in [7, 11) is 4.02. The molecule has 1 heterocycles. The molecule has 140 valence electrons. The number of hydrogen-bond acceptors (Lipinski definition) is 5. The molecule has 0 fully saturated rings. The van der Waals surface area contributed by atoms with E-state index in [1.54, 1.807) is 13.0 Å². The summed E-state index contributed by atoms with van der Waals surface area (Å²) in [5.41, 5.74) is 2.19. The van der Waals surface area contributed by atoms with E-state index in [2.05, 4.69) is 46.3 Å². The summed E-state index contributed by atoms with van der Waals surface area (Å²) in [5.74, 6) is 0.991. The average Bonchev–Trinajstić information content (AvgIpc) is 2.53. The first-order chi connectivity index (χ1) is 12.2. The fraction of sp³-hybridized carbons (Fsp3) is 0.450. The number of para-hydroxylation sites is 1. The van der Waals surface area contributed by atoms with Crippen molar-refractivity contribution < 1.29 is 4.79 Å². The number of hydrogen-bond donors (Lipinski definition) is 2. The summed E-state index contributed by atoms with van der Waals surface area (Å²) >= 11 is 0. The summed E-state index contributed by atoms with van der Waals surface area (Å²) in [6.07, 6.45) is 0. The summed E-state index contributed by atoms with van der Waals surface area (Å²) in [4.78, 5) is 23.5. The van der Waals surface area contributed by atoms with Crippen molar-refractivity contribution in [2.45, 2.75) is 33.1 Å². The van der Waals surface area contributed by atoms with Crippen LogP contribution in [0.3, 0.4) is 0 Å². The minimum absolute atomic E-state index is 0.0651. The van der Waals surface area contributed by atoms with E-state index >= 15 is 0 Å². The molecule has 1 amide bonds. The Balaban J connectivity index is 2.19. The molecular formula is C20H29N5O. The van der Waals surface area contributed by atoms with Crippen LogP contribution < -0.4 is 10.6 Å². The molecule has 0 aliphatic rings. The molecular weight excluding hydrogens is 326 g/mol. The van der Waals surface area contributed by atoms with Gasteiger partial charge in [0.25, 0.3) is 5.91 Å². The van der Waals surface area contributed by atoms with Crippen molar-refractivity contribution in [3.8, 4) is 0 Å². The zero-order valence-electron chi connectivity index (χ0n) is 16.6. The molecule has 6 heteroatoms. The van der Waals surface area contributed by atoms with E-state index in [4.69, 9.17) is 0 Å². The molecule has 0 bridgehead atoms. The lowest BCUT2D eigenvalue weighted by Gasteiger charge is -2.23. The molecule has 0 radical (unpaired) electrons. The van der Waals surface area contributed by atoms with Gasteiger partial charge in [0, 0.05) is 24.8 Å². The van der Waals surface area contributed by atoms with Crippen LogP contribution in [0.2, 0.25) is 0 Å². The van der Waals surface area contributed by atoms with Crippen LogP contribution in [0.15, 0.2) is 30.3 Å². The van der Waals surface area contributed by atoms with Crippen molar-refractivity contribution in [2.24, 2.45) is 0 Å². The van der Waals surface area contributed by atoms with Gasteiger partial charge in [-0.3, -0.25) is 4.79 Å². The predicted molar refractivity (Wildman–Crippen MR) is 107 cm³/mol. The van der Waals surface area contributed by atoms with E-state index in [0.717, 1.165) is 24.3 Å². The van der Waals surface area contributed by atoms with Crippen LogP contribution >= 0.6 is 0 Å². The van der Waals surface area contributed by atoms with Gasteiger partial charge in [-0.2, -0.15) is 0 Å². The fourth-order valence-corrected chi connectivity index (χ4v) is 2.61. The Morgan fingerprint density at radius 3 is 2.50 bits per heavy atom. The molecule has 2 rings (SSSR count). The number of nitrogens with zero attached hydrogens (tertiary/aromatic N) is 3. The van der Waals surface area contributed by atoms with Gasteiger partial charge in [0.1, 0.15) is 17.3 Å². The normalized spacial score (nSPS) is 11.5. The van der Waals surface area contributed by atoms with Gasteiger partial charge in [-0.05, 0) is 38.1 Å². The van der Waals surface area contributed by atoms with E-state index in [9.17, 15) is 4.79 Å². The van der Waals surface area contributed by atoms with Crippen molar-refractivity contribution in [2.75, 3.05) is 37.8 Å². The zero-order chi connectivity index (χ0) is 19.3. The number of rotatable bonds is 6. The number of carbonyl (C=O) groups excluding carboxylic acids is 1. The van der Waals surface area contributed by atoms with E-state index in [0.29, 0.717) is 17.3 Å². The highest BCUT2D eigenvalue weighted by atomic mass is 16.1. The minimum Gasteiger partial charge on any atom is -0.369 e. The van der Waals surface area contributed by atoms with Crippen LogP contribution in [0.25, 0.3) is 0 Å². The van der Waals surface area contributed by atoms with Crippen LogP contribution in [0.1, 0.15) is 42.6 Å². The van der Waals surface area contributed by atoms with Crippen LogP contribution in [-0.2, 0) is 5.41 Å². The third-order valence-corrected chi connectivity index (χ3v) is 3.92. The second-order valence-electron chi connectivity index (χ2n) is 7.67. The summed E-state index contributed by atoms with van der Waals surface area (Å²) in [5, 5.41) is 6.24. The zero-order valence-corrected chi connectivity index (χ0v) is 16.6. The second kappa shape index (κ2) is 8.27. The molecule has 0 aliphatic carbocycles.